The minimum atomic E-state index is -0.787. The van der Waals surface area contributed by atoms with Crippen LogP contribution in [-0.2, 0) is 11.2 Å². The van der Waals surface area contributed by atoms with Crippen LogP contribution in [0.25, 0.3) is 10.9 Å². The molecule has 182 valence electrons. The summed E-state index contributed by atoms with van der Waals surface area (Å²) in [5.41, 5.74) is 3.50. The number of aryl methyl sites for hydroxylation is 1. The van der Waals surface area contributed by atoms with E-state index in [9.17, 15) is 9.59 Å². The molecule has 0 bridgehead atoms. The fraction of sp³-hybridized carbons (Fsp3) is 0.423. The van der Waals surface area contributed by atoms with Gasteiger partial charge < -0.3 is 24.6 Å². The summed E-state index contributed by atoms with van der Waals surface area (Å²) in [6.07, 6.45) is 3.63. The second-order valence-electron chi connectivity index (χ2n) is 9.45. The molecule has 2 N–H and O–H groups in total. The van der Waals surface area contributed by atoms with Crippen LogP contribution < -0.4 is 15.0 Å². The van der Waals surface area contributed by atoms with E-state index >= 15 is 0 Å². The third kappa shape index (κ3) is 3.89. The third-order valence-corrected chi connectivity index (χ3v) is 7.35. The van der Waals surface area contributed by atoms with Gasteiger partial charge in [-0.05, 0) is 42.3 Å². The summed E-state index contributed by atoms with van der Waals surface area (Å²) in [4.78, 5) is 30.4. The maximum atomic E-state index is 13.3. The number of H-pyrrole nitrogens is 1. The second-order valence-corrected chi connectivity index (χ2v) is 9.45. The van der Waals surface area contributed by atoms with Crippen LogP contribution in [0.4, 0.5) is 5.69 Å². The Morgan fingerprint density at radius 1 is 1.11 bits per heavy atom. The zero-order chi connectivity index (χ0) is 24.0. The number of morpholine rings is 1. The van der Waals surface area contributed by atoms with Gasteiger partial charge in [0.25, 0.3) is 11.8 Å². The molecule has 0 aliphatic carbocycles. The quantitative estimate of drug-likeness (QED) is 0.604. The van der Waals surface area contributed by atoms with Gasteiger partial charge in [0.15, 0.2) is 5.72 Å². The summed E-state index contributed by atoms with van der Waals surface area (Å²) < 4.78 is 11.8. The Labute approximate surface area is 203 Å². The second kappa shape index (κ2) is 8.57. The number of hydrogen-bond acceptors (Lipinski definition) is 6. The van der Waals surface area contributed by atoms with Crippen LogP contribution in [0.1, 0.15) is 46.0 Å². The van der Waals surface area contributed by atoms with Gasteiger partial charge in [0, 0.05) is 55.7 Å². The number of aromatic amines is 1. The van der Waals surface area contributed by atoms with E-state index in [2.05, 4.69) is 27.3 Å². The predicted octanol–water partition coefficient (Wildman–Crippen LogP) is 2.72. The van der Waals surface area contributed by atoms with E-state index in [4.69, 9.17) is 9.47 Å². The van der Waals surface area contributed by atoms with Crippen molar-refractivity contribution in [1.82, 2.24) is 20.4 Å². The number of ether oxygens (including phenoxy) is 2. The highest BCUT2D eigenvalue weighted by Crippen LogP contribution is 2.36. The highest BCUT2D eigenvalue weighted by Gasteiger charge is 2.43. The van der Waals surface area contributed by atoms with E-state index in [1.54, 1.807) is 6.20 Å². The number of piperidine rings is 1. The third-order valence-electron chi connectivity index (χ3n) is 7.35. The van der Waals surface area contributed by atoms with Crippen molar-refractivity contribution in [3.05, 3.63) is 53.2 Å². The molecule has 2 amide bonds. The number of amides is 2. The lowest BCUT2D eigenvalue weighted by atomic mass is 9.95. The van der Waals surface area contributed by atoms with E-state index in [0.29, 0.717) is 56.0 Å². The topological polar surface area (TPSA) is 99.8 Å². The van der Waals surface area contributed by atoms with Crippen molar-refractivity contribution in [3.63, 3.8) is 0 Å². The van der Waals surface area contributed by atoms with Crippen molar-refractivity contribution < 1.29 is 19.1 Å². The molecule has 1 aromatic heterocycles. The monoisotopic (exact) mass is 475 g/mol. The standard InChI is InChI=1S/C26H29N5O4/c1-2-17-13-18(14-19-16-27-29-23(17)19)25(33)31-7-5-26(6-8-31)28-24(32)21-15-20(3-4-22(21)35-26)30-9-11-34-12-10-30/h3-4,13-16H,2,5-12H2,1H3,(H,27,29)(H,28,32). The smallest absolute Gasteiger partial charge is 0.258 e. The van der Waals surface area contributed by atoms with Gasteiger partial charge in [-0.15, -0.1) is 0 Å². The largest absolute Gasteiger partial charge is 0.467 e. The Morgan fingerprint density at radius 3 is 2.69 bits per heavy atom. The first-order chi connectivity index (χ1) is 17.0. The number of hydrogen-bond donors (Lipinski definition) is 2. The molecule has 6 rings (SSSR count). The number of likely N-dealkylation sites (tertiary alicyclic amines) is 1. The normalized spacial score (nSPS) is 19.4. The lowest BCUT2D eigenvalue weighted by Gasteiger charge is -2.44. The van der Waals surface area contributed by atoms with E-state index in [1.165, 1.54) is 0 Å². The fourth-order valence-electron chi connectivity index (χ4n) is 5.33. The van der Waals surface area contributed by atoms with Gasteiger partial charge in [0.05, 0.1) is 30.5 Å². The van der Waals surface area contributed by atoms with Crippen molar-refractivity contribution in [2.45, 2.75) is 31.9 Å². The van der Waals surface area contributed by atoms with Crippen molar-refractivity contribution in [1.29, 1.82) is 0 Å². The zero-order valence-electron chi connectivity index (χ0n) is 19.8. The Bertz CT molecular complexity index is 1290. The molecular formula is C26H29N5O4. The molecule has 0 unspecified atom stereocenters. The van der Waals surface area contributed by atoms with Crippen LogP contribution in [0.2, 0.25) is 0 Å². The first-order valence-electron chi connectivity index (χ1n) is 12.3. The number of fused-ring (bicyclic) bond motifs is 2. The van der Waals surface area contributed by atoms with E-state index in [-0.39, 0.29) is 11.8 Å². The van der Waals surface area contributed by atoms with Gasteiger partial charge in [-0.25, -0.2) is 0 Å². The summed E-state index contributed by atoms with van der Waals surface area (Å²) >= 11 is 0. The number of nitrogens with zero attached hydrogens (tertiary/aromatic N) is 3. The lowest BCUT2D eigenvalue weighted by molar-refractivity contribution is -0.0245. The molecule has 4 heterocycles. The molecule has 2 aromatic carbocycles. The number of aromatic nitrogens is 2. The van der Waals surface area contributed by atoms with Crippen LogP contribution >= 0.6 is 0 Å². The Balaban J connectivity index is 1.17. The summed E-state index contributed by atoms with van der Waals surface area (Å²) in [7, 11) is 0. The Morgan fingerprint density at radius 2 is 1.91 bits per heavy atom. The maximum absolute atomic E-state index is 13.3. The fourth-order valence-corrected chi connectivity index (χ4v) is 5.33. The molecule has 2 saturated heterocycles. The van der Waals surface area contributed by atoms with Crippen molar-refractivity contribution >= 4 is 28.4 Å². The van der Waals surface area contributed by atoms with Gasteiger partial charge in [0.2, 0.25) is 0 Å². The minimum absolute atomic E-state index is 0.00432. The number of carbonyl (C=O) groups is 2. The van der Waals surface area contributed by atoms with Crippen LogP contribution in [0.5, 0.6) is 5.75 Å². The molecule has 0 atom stereocenters. The Hall–Kier alpha value is -3.59. The first kappa shape index (κ1) is 21.9. The van der Waals surface area contributed by atoms with E-state index in [1.807, 2.05) is 35.2 Å². The van der Waals surface area contributed by atoms with Crippen LogP contribution in [-0.4, -0.2) is 72.0 Å². The Kier molecular flexibility index (Phi) is 5.36. The van der Waals surface area contributed by atoms with Crippen molar-refractivity contribution in [2.24, 2.45) is 0 Å². The summed E-state index contributed by atoms with van der Waals surface area (Å²) in [5, 5.41) is 11.2. The molecule has 0 saturated carbocycles. The van der Waals surface area contributed by atoms with Gasteiger partial charge in [-0.1, -0.05) is 6.92 Å². The number of anilines is 1. The molecule has 3 aliphatic heterocycles. The highest BCUT2D eigenvalue weighted by atomic mass is 16.5. The van der Waals surface area contributed by atoms with Crippen molar-refractivity contribution in [2.75, 3.05) is 44.3 Å². The number of nitrogens with one attached hydrogen (secondary N) is 2. The summed E-state index contributed by atoms with van der Waals surface area (Å²) in [6.45, 7) is 6.07. The molecule has 9 nitrogen and oxygen atoms in total. The molecule has 35 heavy (non-hydrogen) atoms. The highest BCUT2D eigenvalue weighted by molar-refractivity contribution is 6.00. The van der Waals surface area contributed by atoms with Crippen LogP contribution in [0, 0.1) is 0 Å². The van der Waals surface area contributed by atoms with E-state index in [0.717, 1.165) is 41.7 Å². The SMILES string of the molecule is CCc1cc(C(=O)N2CCC3(CC2)NC(=O)c2cc(N4CCOCC4)ccc2O3)cc2cn[nH]c12. The molecule has 0 radical (unpaired) electrons. The van der Waals surface area contributed by atoms with Gasteiger partial charge in [-0.3, -0.25) is 14.7 Å². The number of rotatable bonds is 3. The maximum Gasteiger partial charge on any atom is 0.258 e. The predicted molar refractivity (Wildman–Crippen MR) is 131 cm³/mol. The molecule has 3 aliphatic rings. The van der Waals surface area contributed by atoms with Crippen molar-refractivity contribution in [3.8, 4) is 5.75 Å². The average molecular weight is 476 g/mol. The summed E-state index contributed by atoms with van der Waals surface area (Å²) in [5.74, 6) is 0.470. The lowest BCUT2D eigenvalue weighted by Crippen LogP contribution is -2.61. The van der Waals surface area contributed by atoms with E-state index < -0.39 is 5.72 Å². The average Bonchev–Trinajstić information content (AvgIpc) is 3.37. The molecule has 9 heteroatoms. The molecule has 2 fully saturated rings. The minimum Gasteiger partial charge on any atom is -0.467 e. The zero-order valence-corrected chi connectivity index (χ0v) is 19.8. The van der Waals surface area contributed by atoms with Gasteiger partial charge >= 0.3 is 0 Å². The summed E-state index contributed by atoms with van der Waals surface area (Å²) in [6, 6.07) is 9.65. The number of carbonyl (C=O) groups excluding carboxylic acids is 2. The van der Waals surface area contributed by atoms with Crippen LogP contribution in [0.3, 0.4) is 0 Å². The first-order valence-corrected chi connectivity index (χ1v) is 12.3. The van der Waals surface area contributed by atoms with Gasteiger partial charge in [-0.2, -0.15) is 5.10 Å². The molecule has 3 aromatic rings. The van der Waals surface area contributed by atoms with Crippen LogP contribution in [0.15, 0.2) is 36.5 Å². The molecular weight excluding hydrogens is 446 g/mol. The van der Waals surface area contributed by atoms with Gasteiger partial charge in [0.1, 0.15) is 5.75 Å². The number of benzene rings is 2. The molecule has 1 spiro atoms.